The van der Waals surface area contributed by atoms with E-state index in [-0.39, 0.29) is 11.7 Å². The molecule has 0 spiro atoms. The molecular formula is C14H14O3. The van der Waals surface area contributed by atoms with E-state index in [0.717, 1.165) is 30.4 Å². The maximum Gasteiger partial charge on any atom is 0.169 e. The SMILES string of the molecule is O=C1c2ccccc2[C@@]2(OO)[C@H]3CC[C@@H](C3)[C@@H]12. The van der Waals surface area contributed by atoms with Crippen LogP contribution in [0.5, 0.6) is 0 Å². The highest BCUT2D eigenvalue weighted by Crippen LogP contribution is 2.65. The maximum atomic E-state index is 12.4. The van der Waals surface area contributed by atoms with Gasteiger partial charge in [0.1, 0.15) is 5.60 Å². The van der Waals surface area contributed by atoms with E-state index in [1.54, 1.807) is 0 Å². The largest absolute Gasteiger partial charge is 0.294 e. The highest BCUT2D eigenvalue weighted by atomic mass is 17.1. The van der Waals surface area contributed by atoms with Gasteiger partial charge in [0.25, 0.3) is 0 Å². The Bertz CT molecular complexity index is 510. The molecule has 0 saturated heterocycles. The molecular weight excluding hydrogens is 216 g/mol. The molecule has 1 N–H and O–H groups in total. The normalized spacial score (nSPS) is 41.7. The second kappa shape index (κ2) is 2.98. The molecule has 0 radical (unpaired) electrons. The van der Waals surface area contributed by atoms with Crippen molar-refractivity contribution in [3.63, 3.8) is 0 Å². The molecule has 4 atom stereocenters. The van der Waals surface area contributed by atoms with Crippen molar-refractivity contribution >= 4 is 5.78 Å². The summed E-state index contributed by atoms with van der Waals surface area (Å²) in [6.45, 7) is 0. The molecule has 3 nitrogen and oxygen atoms in total. The zero-order valence-electron chi connectivity index (χ0n) is 9.43. The standard InChI is InChI=1S/C14H14O3/c15-13-10-3-1-2-4-11(10)14(17-16)9-6-5-8(7-9)12(13)14/h1-4,8-9,12,16H,5-7H2/t8-,9-,12-,14-/m0/s1. The van der Waals surface area contributed by atoms with Gasteiger partial charge in [-0.1, -0.05) is 24.3 Å². The van der Waals surface area contributed by atoms with Crippen molar-refractivity contribution in [3.05, 3.63) is 35.4 Å². The van der Waals surface area contributed by atoms with Crippen LogP contribution in [0, 0.1) is 17.8 Å². The van der Waals surface area contributed by atoms with Gasteiger partial charge in [0, 0.05) is 5.56 Å². The number of benzene rings is 1. The molecule has 4 rings (SSSR count). The van der Waals surface area contributed by atoms with Crippen molar-refractivity contribution in [3.8, 4) is 0 Å². The first kappa shape index (κ1) is 9.80. The number of hydrogen-bond donors (Lipinski definition) is 1. The Hall–Kier alpha value is -1.19. The van der Waals surface area contributed by atoms with E-state index in [9.17, 15) is 10.1 Å². The lowest BCUT2D eigenvalue weighted by atomic mass is 9.75. The first-order valence-electron chi connectivity index (χ1n) is 6.25. The highest BCUT2D eigenvalue weighted by molar-refractivity contribution is 6.04. The number of hydrogen-bond acceptors (Lipinski definition) is 3. The number of carbonyl (C=O) groups is 1. The minimum atomic E-state index is -0.726. The van der Waals surface area contributed by atoms with E-state index in [0.29, 0.717) is 11.8 Å². The predicted octanol–water partition coefficient (Wildman–Crippen LogP) is 2.61. The number of carbonyl (C=O) groups excluding carboxylic acids is 1. The lowest BCUT2D eigenvalue weighted by Gasteiger charge is -2.35. The number of fused-ring (bicyclic) bond motifs is 7. The molecule has 0 unspecified atom stereocenters. The smallest absolute Gasteiger partial charge is 0.169 e. The Labute approximate surface area is 99.3 Å². The van der Waals surface area contributed by atoms with Crippen LogP contribution in [0.4, 0.5) is 0 Å². The van der Waals surface area contributed by atoms with Crippen LogP contribution in [0.3, 0.4) is 0 Å². The number of ketones is 1. The number of rotatable bonds is 1. The van der Waals surface area contributed by atoms with Crippen LogP contribution in [0.2, 0.25) is 0 Å². The van der Waals surface area contributed by atoms with Gasteiger partial charge in [-0.15, -0.1) is 0 Å². The summed E-state index contributed by atoms with van der Waals surface area (Å²) in [7, 11) is 0. The van der Waals surface area contributed by atoms with Gasteiger partial charge in [-0.25, -0.2) is 4.89 Å². The van der Waals surface area contributed by atoms with Crippen molar-refractivity contribution < 1.29 is 14.9 Å². The van der Waals surface area contributed by atoms with E-state index in [1.807, 2.05) is 24.3 Å². The van der Waals surface area contributed by atoms with Gasteiger partial charge in [0.2, 0.25) is 0 Å². The van der Waals surface area contributed by atoms with Gasteiger partial charge in [-0.05, 0) is 36.7 Å². The second-order valence-corrected chi connectivity index (χ2v) is 5.54. The summed E-state index contributed by atoms with van der Waals surface area (Å²) < 4.78 is 0. The average molecular weight is 230 g/mol. The van der Waals surface area contributed by atoms with Gasteiger partial charge in [0.05, 0.1) is 5.92 Å². The zero-order chi connectivity index (χ0) is 11.6. The summed E-state index contributed by atoms with van der Waals surface area (Å²) >= 11 is 0. The summed E-state index contributed by atoms with van der Waals surface area (Å²) in [5, 5.41) is 9.46. The third-order valence-electron chi connectivity index (χ3n) is 5.06. The Morgan fingerprint density at radius 2 is 2.12 bits per heavy atom. The highest BCUT2D eigenvalue weighted by Gasteiger charge is 2.67. The average Bonchev–Trinajstić information content (AvgIpc) is 3.01. The Morgan fingerprint density at radius 3 is 2.94 bits per heavy atom. The molecule has 2 saturated carbocycles. The van der Waals surface area contributed by atoms with Crippen molar-refractivity contribution in [2.75, 3.05) is 0 Å². The molecule has 17 heavy (non-hydrogen) atoms. The second-order valence-electron chi connectivity index (χ2n) is 5.54. The van der Waals surface area contributed by atoms with Crippen LogP contribution in [0.1, 0.15) is 35.2 Å². The molecule has 0 amide bonds. The third kappa shape index (κ3) is 0.905. The topological polar surface area (TPSA) is 46.5 Å². The van der Waals surface area contributed by atoms with Crippen LogP contribution in [0.25, 0.3) is 0 Å². The third-order valence-corrected chi connectivity index (χ3v) is 5.06. The summed E-state index contributed by atoms with van der Waals surface area (Å²) in [5.41, 5.74) is 0.934. The first-order valence-corrected chi connectivity index (χ1v) is 6.25. The van der Waals surface area contributed by atoms with Crippen LogP contribution in [-0.4, -0.2) is 11.0 Å². The first-order chi connectivity index (χ1) is 8.29. The minimum absolute atomic E-state index is 0.149. The van der Waals surface area contributed by atoms with Crippen LogP contribution < -0.4 is 0 Å². The van der Waals surface area contributed by atoms with Crippen LogP contribution in [-0.2, 0) is 10.5 Å². The lowest BCUT2D eigenvalue weighted by molar-refractivity contribution is -0.349. The van der Waals surface area contributed by atoms with E-state index < -0.39 is 5.60 Å². The van der Waals surface area contributed by atoms with Gasteiger partial charge < -0.3 is 0 Å². The molecule has 1 aromatic rings. The fraction of sp³-hybridized carbons (Fsp3) is 0.500. The monoisotopic (exact) mass is 230 g/mol. The van der Waals surface area contributed by atoms with Crippen molar-refractivity contribution in [2.24, 2.45) is 17.8 Å². The minimum Gasteiger partial charge on any atom is -0.294 e. The van der Waals surface area contributed by atoms with E-state index in [1.165, 1.54) is 0 Å². The Kier molecular flexibility index (Phi) is 1.72. The molecule has 3 aliphatic carbocycles. The Morgan fingerprint density at radius 1 is 1.29 bits per heavy atom. The van der Waals surface area contributed by atoms with E-state index >= 15 is 0 Å². The fourth-order valence-corrected chi connectivity index (χ4v) is 4.50. The van der Waals surface area contributed by atoms with Gasteiger partial charge in [-0.3, -0.25) is 10.1 Å². The van der Waals surface area contributed by atoms with E-state index in [4.69, 9.17) is 4.89 Å². The quantitative estimate of drug-likeness (QED) is 0.596. The number of Topliss-reactive ketones (excluding diaryl/α,β-unsaturated/α-hetero) is 1. The molecule has 3 aliphatic rings. The summed E-state index contributed by atoms with van der Waals surface area (Å²) in [6, 6.07) is 7.59. The van der Waals surface area contributed by atoms with Crippen molar-refractivity contribution in [1.82, 2.24) is 0 Å². The van der Waals surface area contributed by atoms with Gasteiger partial charge >= 0.3 is 0 Å². The van der Waals surface area contributed by atoms with Crippen molar-refractivity contribution in [1.29, 1.82) is 0 Å². The van der Waals surface area contributed by atoms with Gasteiger partial charge in [-0.2, -0.15) is 0 Å². The molecule has 0 aromatic heterocycles. The summed E-state index contributed by atoms with van der Waals surface area (Å²) in [6.07, 6.45) is 3.18. The molecule has 2 bridgehead atoms. The maximum absolute atomic E-state index is 12.4. The Balaban J connectivity index is 2.00. The molecule has 1 aromatic carbocycles. The molecule has 0 aliphatic heterocycles. The van der Waals surface area contributed by atoms with Gasteiger partial charge in [0.15, 0.2) is 5.78 Å². The summed E-state index contributed by atoms with van der Waals surface area (Å²) in [5.74, 6) is 0.715. The predicted molar refractivity (Wildman–Crippen MR) is 60.5 cm³/mol. The lowest BCUT2D eigenvalue weighted by Crippen LogP contribution is -2.41. The molecule has 88 valence electrons. The van der Waals surface area contributed by atoms with E-state index in [2.05, 4.69) is 0 Å². The molecule has 0 heterocycles. The zero-order valence-corrected chi connectivity index (χ0v) is 9.43. The fourth-order valence-electron chi connectivity index (χ4n) is 4.50. The molecule has 3 heteroatoms. The van der Waals surface area contributed by atoms with Crippen LogP contribution in [0.15, 0.2) is 24.3 Å². The van der Waals surface area contributed by atoms with Crippen LogP contribution >= 0.6 is 0 Å². The molecule has 2 fully saturated rings. The van der Waals surface area contributed by atoms with Crippen molar-refractivity contribution in [2.45, 2.75) is 24.9 Å². The summed E-state index contributed by atoms with van der Waals surface area (Å²) in [4.78, 5) is 17.4.